The fourth-order valence-corrected chi connectivity index (χ4v) is 1.92. The lowest BCUT2D eigenvalue weighted by Crippen LogP contribution is -1.96. The minimum atomic E-state index is -0.505. The highest BCUT2D eigenvalue weighted by atomic mass is 35.5. The van der Waals surface area contributed by atoms with Crippen LogP contribution in [0.25, 0.3) is 11.3 Å². The SMILES string of the molecule is COc1ccc(-c2nc(Cl)ccc2[N+](=O)[O-])cc1OC. The molecule has 2 rings (SSSR count). The van der Waals surface area contributed by atoms with Crippen molar-refractivity contribution < 1.29 is 14.4 Å². The van der Waals surface area contributed by atoms with E-state index in [0.717, 1.165) is 0 Å². The molecule has 6 nitrogen and oxygen atoms in total. The third-order valence-corrected chi connectivity index (χ3v) is 2.90. The molecule has 2 aromatic rings. The molecule has 0 aliphatic rings. The van der Waals surface area contributed by atoms with Crippen LogP contribution in [0.4, 0.5) is 5.69 Å². The highest BCUT2D eigenvalue weighted by molar-refractivity contribution is 6.29. The molecule has 20 heavy (non-hydrogen) atoms. The maximum absolute atomic E-state index is 11.1. The zero-order valence-electron chi connectivity index (χ0n) is 10.8. The van der Waals surface area contributed by atoms with Crippen LogP contribution in [-0.2, 0) is 0 Å². The first-order chi connectivity index (χ1) is 9.56. The molecule has 0 atom stereocenters. The minimum absolute atomic E-state index is 0.124. The van der Waals surface area contributed by atoms with E-state index >= 15 is 0 Å². The summed E-state index contributed by atoms with van der Waals surface area (Å²) < 4.78 is 10.3. The Morgan fingerprint density at radius 1 is 1.15 bits per heavy atom. The summed E-state index contributed by atoms with van der Waals surface area (Å²) in [5.74, 6) is 0.988. The number of halogens is 1. The summed E-state index contributed by atoms with van der Waals surface area (Å²) in [4.78, 5) is 14.6. The van der Waals surface area contributed by atoms with Gasteiger partial charge >= 0.3 is 0 Å². The summed E-state index contributed by atoms with van der Waals surface area (Å²) in [5, 5.41) is 11.2. The number of nitrogens with zero attached hydrogens (tertiary/aromatic N) is 2. The third kappa shape index (κ3) is 2.65. The van der Waals surface area contributed by atoms with Crippen LogP contribution in [-0.4, -0.2) is 24.1 Å². The van der Waals surface area contributed by atoms with Gasteiger partial charge in [-0.15, -0.1) is 0 Å². The zero-order valence-corrected chi connectivity index (χ0v) is 11.5. The normalized spacial score (nSPS) is 10.2. The number of hydrogen-bond donors (Lipinski definition) is 0. The van der Waals surface area contributed by atoms with Gasteiger partial charge in [-0.05, 0) is 24.3 Å². The standard InChI is InChI=1S/C13H11ClN2O4/c1-19-10-5-3-8(7-11(10)20-2)13-9(16(17)18)4-6-12(14)15-13/h3-7H,1-2H3. The van der Waals surface area contributed by atoms with Crippen LogP contribution in [0.15, 0.2) is 30.3 Å². The van der Waals surface area contributed by atoms with Crippen LogP contribution in [0.2, 0.25) is 5.15 Å². The van der Waals surface area contributed by atoms with Crippen molar-refractivity contribution in [3.63, 3.8) is 0 Å². The average Bonchev–Trinajstić information content (AvgIpc) is 2.46. The molecule has 0 radical (unpaired) electrons. The molecule has 0 saturated heterocycles. The molecular formula is C13H11ClN2O4. The number of hydrogen-bond acceptors (Lipinski definition) is 5. The van der Waals surface area contributed by atoms with E-state index in [1.165, 1.54) is 26.4 Å². The van der Waals surface area contributed by atoms with Crippen molar-refractivity contribution in [3.8, 4) is 22.8 Å². The molecule has 1 heterocycles. The van der Waals surface area contributed by atoms with Crippen molar-refractivity contribution in [3.05, 3.63) is 45.6 Å². The van der Waals surface area contributed by atoms with Crippen molar-refractivity contribution in [2.24, 2.45) is 0 Å². The van der Waals surface area contributed by atoms with Gasteiger partial charge in [0.25, 0.3) is 5.69 Å². The Morgan fingerprint density at radius 3 is 2.45 bits per heavy atom. The number of ether oxygens (including phenoxy) is 2. The summed E-state index contributed by atoms with van der Waals surface area (Å²) in [6, 6.07) is 7.63. The van der Waals surface area contributed by atoms with Gasteiger partial charge in [0.2, 0.25) is 0 Å². The molecule has 0 N–H and O–H groups in total. The van der Waals surface area contributed by atoms with Crippen LogP contribution >= 0.6 is 11.6 Å². The summed E-state index contributed by atoms with van der Waals surface area (Å²) in [6.45, 7) is 0. The molecule has 0 saturated carbocycles. The van der Waals surface area contributed by atoms with Crippen molar-refractivity contribution in [1.29, 1.82) is 0 Å². The third-order valence-electron chi connectivity index (χ3n) is 2.69. The van der Waals surface area contributed by atoms with E-state index in [4.69, 9.17) is 21.1 Å². The number of pyridine rings is 1. The number of methoxy groups -OCH3 is 2. The predicted molar refractivity (Wildman–Crippen MR) is 74.4 cm³/mol. The molecule has 7 heteroatoms. The quantitative estimate of drug-likeness (QED) is 0.491. The molecule has 1 aromatic carbocycles. The lowest BCUT2D eigenvalue weighted by Gasteiger charge is -2.09. The average molecular weight is 295 g/mol. The van der Waals surface area contributed by atoms with Crippen molar-refractivity contribution in [2.45, 2.75) is 0 Å². The maximum Gasteiger partial charge on any atom is 0.295 e. The van der Waals surface area contributed by atoms with E-state index in [1.54, 1.807) is 18.2 Å². The summed E-state index contributed by atoms with van der Waals surface area (Å²) >= 11 is 5.81. The first-order valence-corrected chi connectivity index (χ1v) is 5.98. The van der Waals surface area contributed by atoms with Crippen LogP contribution in [0.3, 0.4) is 0 Å². The van der Waals surface area contributed by atoms with Gasteiger partial charge in [-0.3, -0.25) is 10.1 Å². The molecule has 0 unspecified atom stereocenters. The van der Waals surface area contributed by atoms with Gasteiger partial charge in [0.1, 0.15) is 10.8 Å². The summed E-state index contributed by atoms with van der Waals surface area (Å²) in [7, 11) is 3.00. The van der Waals surface area contributed by atoms with Crippen LogP contribution < -0.4 is 9.47 Å². The second-order valence-corrected chi connectivity index (χ2v) is 4.22. The van der Waals surface area contributed by atoms with Gasteiger partial charge < -0.3 is 9.47 Å². The molecule has 0 spiro atoms. The van der Waals surface area contributed by atoms with Crippen molar-refractivity contribution >= 4 is 17.3 Å². The smallest absolute Gasteiger partial charge is 0.295 e. The van der Waals surface area contributed by atoms with E-state index in [2.05, 4.69) is 4.98 Å². The Kier molecular flexibility index (Phi) is 4.05. The molecule has 0 bridgehead atoms. The number of rotatable bonds is 4. The number of aromatic nitrogens is 1. The van der Waals surface area contributed by atoms with E-state index in [-0.39, 0.29) is 16.5 Å². The highest BCUT2D eigenvalue weighted by Gasteiger charge is 2.19. The summed E-state index contributed by atoms with van der Waals surface area (Å²) in [5.41, 5.74) is 0.585. The van der Waals surface area contributed by atoms with Crippen LogP contribution in [0, 0.1) is 10.1 Å². The first kappa shape index (κ1) is 14.1. The fraction of sp³-hybridized carbons (Fsp3) is 0.154. The molecule has 0 amide bonds. The Balaban J connectivity index is 2.61. The lowest BCUT2D eigenvalue weighted by atomic mass is 10.1. The Bertz CT molecular complexity index is 661. The lowest BCUT2D eigenvalue weighted by molar-refractivity contribution is -0.384. The van der Waals surface area contributed by atoms with Crippen LogP contribution in [0.5, 0.6) is 11.5 Å². The van der Waals surface area contributed by atoms with Crippen LogP contribution in [0.1, 0.15) is 0 Å². The van der Waals surface area contributed by atoms with Gasteiger partial charge in [0.15, 0.2) is 11.5 Å². The molecule has 1 aromatic heterocycles. The monoisotopic (exact) mass is 294 g/mol. The maximum atomic E-state index is 11.1. The van der Waals surface area contributed by atoms with Gasteiger partial charge in [-0.2, -0.15) is 0 Å². The Hall–Kier alpha value is -2.34. The minimum Gasteiger partial charge on any atom is -0.493 e. The molecular weight excluding hydrogens is 284 g/mol. The first-order valence-electron chi connectivity index (χ1n) is 5.60. The number of benzene rings is 1. The highest BCUT2D eigenvalue weighted by Crippen LogP contribution is 2.35. The van der Waals surface area contributed by atoms with Crippen molar-refractivity contribution in [1.82, 2.24) is 4.98 Å². The second kappa shape index (κ2) is 5.75. The van der Waals surface area contributed by atoms with E-state index in [9.17, 15) is 10.1 Å². The van der Waals surface area contributed by atoms with Crippen molar-refractivity contribution in [2.75, 3.05) is 14.2 Å². The van der Waals surface area contributed by atoms with Gasteiger partial charge in [0, 0.05) is 11.6 Å². The van der Waals surface area contributed by atoms with E-state index in [1.807, 2.05) is 0 Å². The molecule has 0 aliphatic carbocycles. The van der Waals surface area contributed by atoms with E-state index in [0.29, 0.717) is 17.1 Å². The Labute approximate surface area is 120 Å². The van der Waals surface area contributed by atoms with E-state index < -0.39 is 4.92 Å². The molecule has 0 aliphatic heterocycles. The fourth-order valence-electron chi connectivity index (χ4n) is 1.77. The number of nitro groups is 1. The Morgan fingerprint density at radius 2 is 1.85 bits per heavy atom. The van der Waals surface area contributed by atoms with Gasteiger partial charge in [-0.25, -0.2) is 4.98 Å². The summed E-state index contributed by atoms with van der Waals surface area (Å²) in [6.07, 6.45) is 0. The van der Waals surface area contributed by atoms with Gasteiger partial charge in [0.05, 0.1) is 19.1 Å². The zero-order chi connectivity index (χ0) is 14.7. The topological polar surface area (TPSA) is 74.5 Å². The molecule has 104 valence electrons. The largest absolute Gasteiger partial charge is 0.493 e. The predicted octanol–water partition coefficient (Wildman–Crippen LogP) is 3.33. The van der Waals surface area contributed by atoms with Gasteiger partial charge in [-0.1, -0.05) is 11.6 Å². The molecule has 0 fully saturated rings. The second-order valence-electron chi connectivity index (χ2n) is 3.83.